The molecule has 0 bridgehead atoms. The summed E-state index contributed by atoms with van der Waals surface area (Å²) in [6, 6.07) is 0. The van der Waals surface area contributed by atoms with Crippen LogP contribution in [0.15, 0.2) is 12.4 Å². The molecule has 90 valence electrons. The van der Waals surface area contributed by atoms with E-state index in [-0.39, 0.29) is 10.8 Å². The average molecular weight is 255 g/mol. The molecule has 0 radical (unpaired) electrons. The van der Waals surface area contributed by atoms with E-state index in [1.165, 1.54) is 0 Å². The molecule has 0 aromatic carbocycles. The second-order valence-electron chi connectivity index (χ2n) is 3.73. The first kappa shape index (κ1) is 12.0. The van der Waals surface area contributed by atoms with E-state index < -0.39 is 5.82 Å². The van der Waals surface area contributed by atoms with Crippen molar-refractivity contribution in [1.29, 1.82) is 0 Å². The Morgan fingerprint density at radius 2 is 2.18 bits per heavy atom. The van der Waals surface area contributed by atoms with E-state index in [0.717, 1.165) is 18.5 Å². The van der Waals surface area contributed by atoms with Gasteiger partial charge in [-0.3, -0.25) is 4.68 Å². The molecule has 2 aromatic rings. The van der Waals surface area contributed by atoms with Gasteiger partial charge in [0, 0.05) is 12.7 Å². The number of hydrogen-bond donors (Lipinski definition) is 0. The first-order valence-electron chi connectivity index (χ1n) is 5.34. The first-order valence-corrected chi connectivity index (χ1v) is 5.72. The van der Waals surface area contributed by atoms with Crippen molar-refractivity contribution in [2.24, 2.45) is 0 Å². The molecule has 0 aliphatic heterocycles. The Morgan fingerprint density at radius 3 is 2.82 bits per heavy atom. The second kappa shape index (κ2) is 4.79. The van der Waals surface area contributed by atoms with Crippen LogP contribution in [-0.4, -0.2) is 19.7 Å². The van der Waals surface area contributed by atoms with Crippen molar-refractivity contribution >= 4 is 11.6 Å². The highest BCUT2D eigenvalue weighted by Gasteiger charge is 2.12. The maximum absolute atomic E-state index is 13.3. The van der Waals surface area contributed by atoms with Crippen molar-refractivity contribution in [2.75, 3.05) is 0 Å². The molecule has 0 saturated heterocycles. The zero-order valence-corrected chi connectivity index (χ0v) is 10.4. The minimum Gasteiger partial charge on any atom is -0.272 e. The number of rotatable bonds is 3. The van der Waals surface area contributed by atoms with Gasteiger partial charge in [-0.05, 0) is 13.3 Å². The Balaban J connectivity index is 2.39. The summed E-state index contributed by atoms with van der Waals surface area (Å²) in [5.41, 5.74) is 0.978. The average Bonchev–Trinajstić information content (AvgIpc) is 2.74. The highest BCUT2D eigenvalue weighted by atomic mass is 35.5. The van der Waals surface area contributed by atoms with Crippen LogP contribution in [0.25, 0.3) is 11.4 Å². The van der Waals surface area contributed by atoms with E-state index >= 15 is 0 Å². The summed E-state index contributed by atoms with van der Waals surface area (Å²) >= 11 is 5.68. The summed E-state index contributed by atoms with van der Waals surface area (Å²) in [4.78, 5) is 7.96. The highest BCUT2D eigenvalue weighted by Crippen LogP contribution is 2.20. The Hall–Kier alpha value is -1.49. The van der Waals surface area contributed by atoms with Crippen LogP contribution in [0, 0.1) is 12.7 Å². The molecular formula is C11H12ClFN4. The van der Waals surface area contributed by atoms with Crippen LogP contribution in [0.1, 0.15) is 19.0 Å². The van der Waals surface area contributed by atoms with Gasteiger partial charge >= 0.3 is 0 Å². The molecule has 4 nitrogen and oxygen atoms in total. The third-order valence-corrected chi connectivity index (χ3v) is 2.57. The molecule has 2 rings (SSSR count). The summed E-state index contributed by atoms with van der Waals surface area (Å²) in [7, 11) is 0. The van der Waals surface area contributed by atoms with E-state index in [2.05, 4.69) is 22.0 Å². The molecule has 2 aromatic heterocycles. The molecule has 0 atom stereocenters. The number of hydrogen-bond acceptors (Lipinski definition) is 3. The number of aryl methyl sites for hydroxylation is 2. The van der Waals surface area contributed by atoms with Crippen LogP contribution >= 0.6 is 11.6 Å². The highest BCUT2D eigenvalue weighted by molar-refractivity contribution is 6.29. The minimum atomic E-state index is -0.573. The lowest BCUT2D eigenvalue weighted by Gasteiger charge is -2.01. The number of nitrogens with zero attached hydrogens (tertiary/aromatic N) is 4. The molecule has 0 spiro atoms. The fraction of sp³-hybridized carbons (Fsp3) is 0.364. The van der Waals surface area contributed by atoms with Crippen molar-refractivity contribution in [2.45, 2.75) is 26.8 Å². The van der Waals surface area contributed by atoms with Gasteiger partial charge in [0.2, 0.25) is 0 Å². The van der Waals surface area contributed by atoms with Crippen molar-refractivity contribution in [3.63, 3.8) is 0 Å². The first-order chi connectivity index (χ1) is 8.11. The molecule has 0 saturated carbocycles. The summed E-state index contributed by atoms with van der Waals surface area (Å²) in [6.07, 6.45) is 4.47. The largest absolute Gasteiger partial charge is 0.272 e. The number of halogens is 2. The van der Waals surface area contributed by atoms with Crippen molar-refractivity contribution in [1.82, 2.24) is 19.7 Å². The molecule has 17 heavy (non-hydrogen) atoms. The van der Waals surface area contributed by atoms with Crippen molar-refractivity contribution in [3.05, 3.63) is 29.1 Å². The lowest BCUT2D eigenvalue weighted by molar-refractivity contribution is 0.601. The van der Waals surface area contributed by atoms with Crippen molar-refractivity contribution < 1.29 is 4.39 Å². The quantitative estimate of drug-likeness (QED) is 0.791. The molecule has 0 amide bonds. The van der Waals surface area contributed by atoms with E-state index in [1.807, 2.05) is 6.20 Å². The zero-order valence-electron chi connectivity index (χ0n) is 9.61. The van der Waals surface area contributed by atoms with Crippen LogP contribution in [0.4, 0.5) is 4.39 Å². The zero-order chi connectivity index (χ0) is 12.4. The third kappa shape index (κ3) is 2.44. The summed E-state index contributed by atoms with van der Waals surface area (Å²) in [5.74, 6) is -0.174. The van der Waals surface area contributed by atoms with Gasteiger partial charge < -0.3 is 0 Å². The maximum Gasteiger partial charge on any atom is 0.181 e. The fourth-order valence-electron chi connectivity index (χ4n) is 1.48. The van der Waals surface area contributed by atoms with Gasteiger partial charge in [-0.2, -0.15) is 5.10 Å². The van der Waals surface area contributed by atoms with E-state index in [1.54, 1.807) is 17.8 Å². The Bertz CT molecular complexity index is 515. The smallest absolute Gasteiger partial charge is 0.181 e. The second-order valence-corrected chi connectivity index (χ2v) is 4.09. The number of aromatic nitrogens is 4. The SMILES string of the molecule is CCCn1cc(-c2nc(C)c(F)c(Cl)n2)cn1. The lowest BCUT2D eigenvalue weighted by atomic mass is 10.3. The van der Waals surface area contributed by atoms with Gasteiger partial charge in [0.25, 0.3) is 0 Å². The van der Waals surface area contributed by atoms with Crippen LogP contribution in [-0.2, 0) is 6.54 Å². The van der Waals surface area contributed by atoms with Crippen molar-refractivity contribution in [3.8, 4) is 11.4 Å². The topological polar surface area (TPSA) is 43.6 Å². The maximum atomic E-state index is 13.3. The lowest BCUT2D eigenvalue weighted by Crippen LogP contribution is -1.97. The fourth-order valence-corrected chi connectivity index (χ4v) is 1.70. The van der Waals surface area contributed by atoms with Gasteiger partial charge in [0.15, 0.2) is 16.8 Å². The third-order valence-electron chi connectivity index (χ3n) is 2.32. The van der Waals surface area contributed by atoms with Crippen LogP contribution in [0.3, 0.4) is 0 Å². The van der Waals surface area contributed by atoms with Gasteiger partial charge in [-0.25, -0.2) is 14.4 Å². The van der Waals surface area contributed by atoms with Crippen LogP contribution < -0.4 is 0 Å². The Morgan fingerprint density at radius 1 is 1.41 bits per heavy atom. The van der Waals surface area contributed by atoms with E-state index in [0.29, 0.717) is 5.82 Å². The molecule has 0 aliphatic rings. The van der Waals surface area contributed by atoms with Gasteiger partial charge in [-0.1, -0.05) is 18.5 Å². The van der Waals surface area contributed by atoms with Crippen LogP contribution in [0.5, 0.6) is 0 Å². The molecule has 0 fully saturated rings. The monoisotopic (exact) mass is 254 g/mol. The molecule has 2 heterocycles. The minimum absolute atomic E-state index is 0.157. The molecule has 0 aliphatic carbocycles. The van der Waals surface area contributed by atoms with Gasteiger partial charge in [0.1, 0.15) is 0 Å². The summed E-state index contributed by atoms with van der Waals surface area (Å²) in [5, 5.41) is 4.01. The molecule has 0 N–H and O–H groups in total. The molecule has 0 unspecified atom stereocenters. The Kier molecular flexibility index (Phi) is 3.38. The predicted molar refractivity (Wildman–Crippen MR) is 63.2 cm³/mol. The standard InChI is InChI=1S/C11H12ClFN4/c1-3-4-17-6-8(5-14-17)11-15-7(2)9(13)10(12)16-11/h5-6H,3-4H2,1-2H3. The van der Waals surface area contributed by atoms with E-state index in [9.17, 15) is 4.39 Å². The molecular weight excluding hydrogens is 243 g/mol. The normalized spacial score (nSPS) is 10.8. The van der Waals surface area contributed by atoms with Gasteiger partial charge in [-0.15, -0.1) is 0 Å². The summed E-state index contributed by atoms with van der Waals surface area (Å²) in [6.45, 7) is 4.45. The van der Waals surface area contributed by atoms with Gasteiger partial charge in [0.05, 0.1) is 17.5 Å². The van der Waals surface area contributed by atoms with E-state index in [4.69, 9.17) is 11.6 Å². The summed E-state index contributed by atoms with van der Waals surface area (Å²) < 4.78 is 15.1. The van der Waals surface area contributed by atoms with Crippen LogP contribution in [0.2, 0.25) is 5.15 Å². The molecule has 6 heteroatoms. The predicted octanol–water partition coefficient (Wildman–Crippen LogP) is 2.85. The Labute approximate surface area is 103 Å².